The van der Waals surface area contributed by atoms with E-state index in [1.54, 1.807) is 0 Å². The lowest BCUT2D eigenvalue weighted by Gasteiger charge is -2.28. The highest BCUT2D eigenvalue weighted by molar-refractivity contribution is 5.95. The summed E-state index contributed by atoms with van der Waals surface area (Å²) < 4.78 is 0. The monoisotopic (exact) mass is 376 g/mol. The standard InChI is InChI=1S/C25H32N2O/c1-2-6-20-8-10-21(11-9-20)22-12-14-23(15-13-22)25(28)27-18-5-7-24(27)19-26-16-3-4-17-26/h8-15,24H,2-7,16-19H2,1H3/t24-/m0/s1. The molecule has 1 amide bonds. The number of hydrogen-bond donors (Lipinski definition) is 0. The summed E-state index contributed by atoms with van der Waals surface area (Å²) in [7, 11) is 0. The smallest absolute Gasteiger partial charge is 0.254 e. The first-order valence-corrected chi connectivity index (χ1v) is 11.0. The lowest BCUT2D eigenvalue weighted by Crippen LogP contribution is -2.42. The average Bonchev–Trinajstić information content (AvgIpc) is 3.41. The first-order chi connectivity index (χ1) is 13.7. The first-order valence-electron chi connectivity index (χ1n) is 11.0. The minimum atomic E-state index is 0.201. The van der Waals surface area contributed by atoms with Crippen LogP contribution in [0.3, 0.4) is 0 Å². The number of nitrogens with zero attached hydrogens (tertiary/aromatic N) is 2. The van der Waals surface area contributed by atoms with E-state index < -0.39 is 0 Å². The molecule has 2 fully saturated rings. The van der Waals surface area contributed by atoms with Gasteiger partial charge in [0.2, 0.25) is 0 Å². The minimum absolute atomic E-state index is 0.201. The lowest BCUT2D eigenvalue weighted by molar-refractivity contribution is 0.0709. The van der Waals surface area contributed by atoms with Crippen LogP contribution in [-0.4, -0.2) is 47.9 Å². The summed E-state index contributed by atoms with van der Waals surface area (Å²) in [6.45, 7) is 6.56. The van der Waals surface area contributed by atoms with Crippen molar-refractivity contribution in [1.29, 1.82) is 0 Å². The molecule has 2 aliphatic rings. The maximum Gasteiger partial charge on any atom is 0.254 e. The van der Waals surface area contributed by atoms with Crippen LogP contribution in [0.1, 0.15) is 54.9 Å². The van der Waals surface area contributed by atoms with Crippen molar-refractivity contribution in [2.45, 2.75) is 51.5 Å². The van der Waals surface area contributed by atoms with E-state index in [2.05, 4.69) is 53.1 Å². The molecule has 2 saturated heterocycles. The Morgan fingerprint density at radius 3 is 2.18 bits per heavy atom. The van der Waals surface area contributed by atoms with E-state index in [9.17, 15) is 4.79 Å². The minimum Gasteiger partial charge on any atom is -0.334 e. The zero-order chi connectivity index (χ0) is 19.3. The molecule has 4 rings (SSSR count). The number of benzene rings is 2. The van der Waals surface area contributed by atoms with Crippen LogP contribution in [0, 0.1) is 0 Å². The number of hydrogen-bond acceptors (Lipinski definition) is 2. The molecule has 2 aromatic carbocycles. The summed E-state index contributed by atoms with van der Waals surface area (Å²) in [6, 6.07) is 17.4. The highest BCUT2D eigenvalue weighted by Gasteiger charge is 2.31. The van der Waals surface area contributed by atoms with Gasteiger partial charge in [0, 0.05) is 24.7 Å². The third-order valence-corrected chi connectivity index (χ3v) is 6.26. The maximum absolute atomic E-state index is 13.1. The van der Waals surface area contributed by atoms with Crippen LogP contribution < -0.4 is 0 Å². The lowest BCUT2D eigenvalue weighted by atomic mass is 10.0. The van der Waals surface area contributed by atoms with E-state index in [-0.39, 0.29) is 5.91 Å². The topological polar surface area (TPSA) is 23.6 Å². The molecule has 0 unspecified atom stereocenters. The number of carbonyl (C=O) groups excluding carboxylic acids is 1. The molecule has 0 bridgehead atoms. The quantitative estimate of drug-likeness (QED) is 0.708. The van der Waals surface area contributed by atoms with E-state index in [1.807, 2.05) is 12.1 Å². The second kappa shape index (κ2) is 8.91. The van der Waals surface area contributed by atoms with Gasteiger partial charge in [0.25, 0.3) is 5.91 Å². The number of carbonyl (C=O) groups is 1. The first kappa shape index (κ1) is 19.2. The summed E-state index contributed by atoms with van der Waals surface area (Å²) in [4.78, 5) is 17.8. The third kappa shape index (κ3) is 4.30. The van der Waals surface area contributed by atoms with Gasteiger partial charge in [-0.25, -0.2) is 0 Å². The van der Waals surface area contributed by atoms with Crippen molar-refractivity contribution >= 4 is 5.91 Å². The molecule has 0 aromatic heterocycles. The van der Waals surface area contributed by atoms with Gasteiger partial charge in [-0.15, -0.1) is 0 Å². The molecule has 0 N–H and O–H groups in total. The number of amides is 1. The fourth-order valence-electron chi connectivity index (χ4n) is 4.68. The Labute approximate surface area is 169 Å². The molecule has 2 aliphatic heterocycles. The Balaban J connectivity index is 1.43. The molecular weight excluding hydrogens is 344 g/mol. The maximum atomic E-state index is 13.1. The van der Waals surface area contributed by atoms with E-state index in [1.165, 1.54) is 49.0 Å². The Kier molecular flexibility index (Phi) is 6.11. The van der Waals surface area contributed by atoms with Gasteiger partial charge in [-0.2, -0.15) is 0 Å². The third-order valence-electron chi connectivity index (χ3n) is 6.26. The van der Waals surface area contributed by atoms with Gasteiger partial charge < -0.3 is 9.80 Å². The zero-order valence-corrected chi connectivity index (χ0v) is 17.1. The molecule has 28 heavy (non-hydrogen) atoms. The fraction of sp³-hybridized carbons (Fsp3) is 0.480. The van der Waals surface area contributed by atoms with Gasteiger partial charge in [0.15, 0.2) is 0 Å². The molecular formula is C25H32N2O. The van der Waals surface area contributed by atoms with E-state index in [0.717, 1.165) is 37.9 Å². The van der Waals surface area contributed by atoms with Gasteiger partial charge in [-0.05, 0) is 74.0 Å². The predicted octanol–water partition coefficient (Wildman–Crippen LogP) is 5.01. The van der Waals surface area contributed by atoms with Gasteiger partial charge in [-0.1, -0.05) is 49.7 Å². The van der Waals surface area contributed by atoms with Crippen LogP contribution in [0.25, 0.3) is 11.1 Å². The Morgan fingerprint density at radius 2 is 1.54 bits per heavy atom. The molecule has 2 aromatic rings. The predicted molar refractivity (Wildman–Crippen MR) is 116 cm³/mol. The molecule has 0 saturated carbocycles. The summed E-state index contributed by atoms with van der Waals surface area (Å²) >= 11 is 0. The fourth-order valence-corrected chi connectivity index (χ4v) is 4.68. The number of likely N-dealkylation sites (tertiary alicyclic amines) is 2. The normalized spacial score (nSPS) is 20.0. The molecule has 1 atom stereocenters. The van der Waals surface area contributed by atoms with Gasteiger partial charge in [0.1, 0.15) is 0 Å². The molecule has 148 valence electrons. The average molecular weight is 377 g/mol. The van der Waals surface area contributed by atoms with Crippen molar-refractivity contribution in [3.63, 3.8) is 0 Å². The van der Waals surface area contributed by atoms with E-state index in [4.69, 9.17) is 0 Å². The molecule has 0 aliphatic carbocycles. The highest BCUT2D eigenvalue weighted by Crippen LogP contribution is 2.25. The largest absolute Gasteiger partial charge is 0.334 e. The SMILES string of the molecule is CCCc1ccc(-c2ccc(C(=O)N3CCC[C@H]3CN3CCCC3)cc2)cc1. The zero-order valence-electron chi connectivity index (χ0n) is 17.1. The second-order valence-corrected chi connectivity index (χ2v) is 8.33. The number of aryl methyl sites for hydroxylation is 1. The molecule has 0 radical (unpaired) electrons. The Hall–Kier alpha value is -2.13. The summed E-state index contributed by atoms with van der Waals surface area (Å²) in [5.74, 6) is 0.201. The van der Waals surface area contributed by atoms with Crippen molar-refractivity contribution in [3.8, 4) is 11.1 Å². The van der Waals surface area contributed by atoms with Gasteiger partial charge in [0.05, 0.1) is 0 Å². The van der Waals surface area contributed by atoms with Crippen molar-refractivity contribution in [3.05, 3.63) is 59.7 Å². The van der Waals surface area contributed by atoms with Crippen LogP contribution in [0.2, 0.25) is 0 Å². The van der Waals surface area contributed by atoms with E-state index in [0.29, 0.717) is 6.04 Å². The van der Waals surface area contributed by atoms with Crippen molar-refractivity contribution in [2.24, 2.45) is 0 Å². The summed E-state index contributed by atoms with van der Waals surface area (Å²) in [5.41, 5.74) is 4.59. The van der Waals surface area contributed by atoms with Crippen LogP contribution in [0.15, 0.2) is 48.5 Å². The van der Waals surface area contributed by atoms with Crippen molar-refractivity contribution in [1.82, 2.24) is 9.80 Å². The molecule has 3 nitrogen and oxygen atoms in total. The van der Waals surface area contributed by atoms with E-state index >= 15 is 0 Å². The molecule has 3 heteroatoms. The Morgan fingerprint density at radius 1 is 0.893 bits per heavy atom. The van der Waals surface area contributed by atoms with Crippen molar-refractivity contribution in [2.75, 3.05) is 26.2 Å². The second-order valence-electron chi connectivity index (χ2n) is 8.33. The summed E-state index contributed by atoms with van der Waals surface area (Å²) in [6.07, 6.45) is 7.19. The highest BCUT2D eigenvalue weighted by atomic mass is 16.2. The van der Waals surface area contributed by atoms with Crippen molar-refractivity contribution < 1.29 is 4.79 Å². The molecule has 0 spiro atoms. The van der Waals surface area contributed by atoms with Gasteiger partial charge >= 0.3 is 0 Å². The van der Waals surface area contributed by atoms with Gasteiger partial charge in [-0.3, -0.25) is 4.79 Å². The Bertz CT molecular complexity index is 775. The van der Waals surface area contributed by atoms with Crippen LogP contribution in [0.4, 0.5) is 0 Å². The number of rotatable bonds is 6. The van der Waals surface area contributed by atoms with Crippen LogP contribution in [0.5, 0.6) is 0 Å². The summed E-state index contributed by atoms with van der Waals surface area (Å²) in [5, 5.41) is 0. The molecule has 2 heterocycles. The van der Waals surface area contributed by atoms with Crippen LogP contribution >= 0.6 is 0 Å². The van der Waals surface area contributed by atoms with Crippen LogP contribution in [-0.2, 0) is 6.42 Å².